The van der Waals surface area contributed by atoms with Gasteiger partial charge in [-0.1, -0.05) is 24.3 Å². The number of fused-ring (bicyclic) bond motifs is 3. The summed E-state index contributed by atoms with van der Waals surface area (Å²) in [6.07, 6.45) is -3.61. The Morgan fingerprint density at radius 1 is 1.17 bits per heavy atom. The Bertz CT molecular complexity index is 1250. The number of hydrogen-bond donors (Lipinski definition) is 4. The number of ketones is 3. The smallest absolute Gasteiger partial charge is 0.198 e. The van der Waals surface area contributed by atoms with Crippen LogP contribution in [0.25, 0.3) is 0 Å². The van der Waals surface area contributed by atoms with Gasteiger partial charge < -0.3 is 30.5 Å². The SMILES string of the molecule is CC(=O)C1(O)Cc2cc3c(c(O)c2C(OC2CC(N)C(O)C(C)O2)C1)C(=O)c1ccccc1C3=O.Cl. The fourth-order valence-corrected chi connectivity index (χ4v) is 5.35. The third kappa shape index (κ3) is 4.06. The van der Waals surface area contributed by atoms with Gasteiger partial charge in [0.1, 0.15) is 11.4 Å². The van der Waals surface area contributed by atoms with Gasteiger partial charge >= 0.3 is 0 Å². The molecule has 2 aromatic carbocycles. The summed E-state index contributed by atoms with van der Waals surface area (Å²) in [6, 6.07) is 7.21. The minimum Gasteiger partial charge on any atom is -0.507 e. The van der Waals surface area contributed by atoms with Crippen LogP contribution in [0.5, 0.6) is 5.75 Å². The standard InChI is InChI=1S/C26H27NO8.ClH/c1-11-22(29)17(27)8-19(34-11)35-18-10-26(33,12(2)28)9-13-7-16-21(25(32)20(13)18)24(31)15-6-4-3-5-14(15)23(16)30;/h3-7,11,17-19,22,29,32-33H,8-10,27H2,1-2H3;1H. The zero-order valence-corrected chi connectivity index (χ0v) is 20.6. The van der Waals surface area contributed by atoms with Gasteiger partial charge in [-0.3, -0.25) is 14.4 Å². The number of phenolic OH excluding ortho intramolecular Hbond substituents is 1. The molecule has 1 fully saturated rings. The van der Waals surface area contributed by atoms with Gasteiger partial charge in [0.05, 0.1) is 23.9 Å². The minimum absolute atomic E-state index is 0. The van der Waals surface area contributed by atoms with E-state index in [1.807, 2.05) is 0 Å². The van der Waals surface area contributed by atoms with Crippen molar-refractivity contribution in [1.82, 2.24) is 0 Å². The largest absolute Gasteiger partial charge is 0.507 e. The summed E-state index contributed by atoms with van der Waals surface area (Å²) in [4.78, 5) is 38.9. The number of carbonyl (C=O) groups excluding carboxylic acids is 3. The van der Waals surface area contributed by atoms with E-state index in [2.05, 4.69) is 0 Å². The van der Waals surface area contributed by atoms with Crippen molar-refractivity contribution in [2.75, 3.05) is 0 Å². The third-order valence-electron chi connectivity index (χ3n) is 7.36. The van der Waals surface area contributed by atoms with E-state index < -0.39 is 59.3 Å². The molecule has 36 heavy (non-hydrogen) atoms. The molecule has 9 nitrogen and oxygen atoms in total. The average Bonchev–Trinajstić information content (AvgIpc) is 2.80. The van der Waals surface area contributed by atoms with Crippen LogP contribution >= 0.6 is 12.4 Å². The first-order chi connectivity index (χ1) is 16.5. The molecule has 0 aromatic heterocycles. The number of Topliss-reactive ketones (excluding diaryl/α,β-unsaturated/α-hetero) is 1. The Morgan fingerprint density at radius 2 is 1.81 bits per heavy atom. The summed E-state index contributed by atoms with van der Waals surface area (Å²) in [5.41, 5.74) is 5.09. The molecule has 1 saturated heterocycles. The highest BCUT2D eigenvalue weighted by Gasteiger charge is 2.47. The van der Waals surface area contributed by atoms with Crippen molar-refractivity contribution >= 4 is 29.8 Å². The molecule has 0 spiro atoms. The van der Waals surface area contributed by atoms with Gasteiger partial charge in [-0.25, -0.2) is 0 Å². The molecule has 5 rings (SSSR count). The van der Waals surface area contributed by atoms with E-state index in [1.54, 1.807) is 25.1 Å². The fourth-order valence-electron chi connectivity index (χ4n) is 5.35. The van der Waals surface area contributed by atoms with Crippen LogP contribution in [0.1, 0.15) is 75.8 Å². The highest BCUT2D eigenvalue weighted by Crippen LogP contribution is 2.48. The first-order valence-electron chi connectivity index (χ1n) is 11.6. The molecular weight excluding hydrogens is 490 g/mol. The molecule has 2 aliphatic carbocycles. The number of aliphatic hydroxyl groups is 2. The number of ether oxygens (including phenoxy) is 2. The van der Waals surface area contributed by atoms with Gasteiger partial charge in [0.15, 0.2) is 23.6 Å². The van der Waals surface area contributed by atoms with Crippen molar-refractivity contribution in [2.24, 2.45) is 5.73 Å². The summed E-state index contributed by atoms with van der Waals surface area (Å²) in [6.45, 7) is 2.91. The van der Waals surface area contributed by atoms with Gasteiger partial charge in [0, 0.05) is 47.6 Å². The number of halogens is 1. The molecular formula is C26H28ClNO8. The summed E-state index contributed by atoms with van der Waals surface area (Å²) >= 11 is 0. The third-order valence-corrected chi connectivity index (χ3v) is 7.36. The number of benzene rings is 2. The van der Waals surface area contributed by atoms with Crippen LogP contribution < -0.4 is 5.73 Å². The molecule has 1 aliphatic heterocycles. The zero-order chi connectivity index (χ0) is 25.2. The van der Waals surface area contributed by atoms with Gasteiger partial charge in [-0.15, -0.1) is 12.4 Å². The summed E-state index contributed by atoms with van der Waals surface area (Å²) in [5, 5.41) is 32.6. The molecule has 6 unspecified atom stereocenters. The van der Waals surface area contributed by atoms with Crippen LogP contribution in [-0.2, 0) is 20.7 Å². The van der Waals surface area contributed by atoms with Gasteiger partial charge in [-0.2, -0.15) is 0 Å². The number of aliphatic hydroxyl groups excluding tert-OH is 1. The lowest BCUT2D eigenvalue weighted by Crippen LogP contribution is -2.52. The molecule has 10 heteroatoms. The monoisotopic (exact) mass is 517 g/mol. The maximum absolute atomic E-state index is 13.3. The molecule has 5 N–H and O–H groups in total. The van der Waals surface area contributed by atoms with E-state index in [0.29, 0.717) is 5.56 Å². The van der Waals surface area contributed by atoms with Crippen molar-refractivity contribution in [3.05, 3.63) is 63.7 Å². The first kappa shape index (κ1) is 26.4. The first-order valence-corrected chi connectivity index (χ1v) is 11.6. The molecule has 3 aliphatic rings. The number of hydrogen-bond acceptors (Lipinski definition) is 9. The van der Waals surface area contributed by atoms with Gasteiger partial charge in [0.25, 0.3) is 0 Å². The van der Waals surface area contributed by atoms with Crippen molar-refractivity contribution in [3.63, 3.8) is 0 Å². The van der Waals surface area contributed by atoms with Crippen LogP contribution in [-0.4, -0.2) is 62.8 Å². The van der Waals surface area contributed by atoms with E-state index in [4.69, 9.17) is 15.2 Å². The van der Waals surface area contributed by atoms with Crippen LogP contribution in [0.4, 0.5) is 0 Å². The molecule has 6 atom stereocenters. The van der Waals surface area contributed by atoms with E-state index in [0.717, 1.165) is 0 Å². The van der Waals surface area contributed by atoms with E-state index in [1.165, 1.54) is 19.1 Å². The Kier molecular flexibility index (Phi) is 6.85. The second-order valence-corrected chi connectivity index (χ2v) is 9.68. The van der Waals surface area contributed by atoms with E-state index in [9.17, 15) is 29.7 Å². The second-order valence-electron chi connectivity index (χ2n) is 9.68. The van der Waals surface area contributed by atoms with E-state index >= 15 is 0 Å². The summed E-state index contributed by atoms with van der Waals surface area (Å²) in [7, 11) is 0. The highest BCUT2D eigenvalue weighted by atomic mass is 35.5. The Hall–Kier alpha value is -2.66. The normalized spacial score (nSPS) is 31.1. The summed E-state index contributed by atoms with van der Waals surface area (Å²) in [5.74, 6) is -1.82. The molecule has 0 amide bonds. The lowest BCUT2D eigenvalue weighted by molar-refractivity contribution is -0.247. The zero-order valence-electron chi connectivity index (χ0n) is 19.8. The predicted molar refractivity (Wildman–Crippen MR) is 129 cm³/mol. The Balaban J connectivity index is 0.00000304. The second kappa shape index (κ2) is 9.33. The molecule has 2 aromatic rings. The predicted octanol–water partition coefficient (Wildman–Crippen LogP) is 1.74. The maximum atomic E-state index is 13.3. The maximum Gasteiger partial charge on any atom is 0.198 e. The quantitative estimate of drug-likeness (QED) is 0.406. The topological polar surface area (TPSA) is 156 Å². The average molecular weight is 518 g/mol. The Labute approximate surface area is 213 Å². The van der Waals surface area contributed by atoms with Gasteiger partial charge in [-0.05, 0) is 25.5 Å². The lowest BCUT2D eigenvalue weighted by Gasteiger charge is -2.41. The number of carbonyl (C=O) groups is 3. The van der Waals surface area contributed by atoms with Crippen LogP contribution in [0.15, 0.2) is 30.3 Å². The summed E-state index contributed by atoms with van der Waals surface area (Å²) < 4.78 is 11.8. The number of nitrogens with two attached hydrogens (primary N) is 1. The molecule has 0 saturated carbocycles. The van der Waals surface area contributed by atoms with E-state index in [-0.39, 0.29) is 59.5 Å². The molecule has 0 bridgehead atoms. The van der Waals surface area contributed by atoms with Crippen molar-refractivity contribution in [3.8, 4) is 5.75 Å². The molecule has 192 valence electrons. The minimum atomic E-state index is -1.81. The molecule has 1 heterocycles. The van der Waals surface area contributed by atoms with Crippen molar-refractivity contribution < 1.29 is 39.2 Å². The van der Waals surface area contributed by atoms with Crippen molar-refractivity contribution in [2.45, 2.75) is 69.4 Å². The van der Waals surface area contributed by atoms with Crippen molar-refractivity contribution in [1.29, 1.82) is 0 Å². The lowest BCUT2D eigenvalue weighted by atomic mass is 9.72. The number of aromatic hydroxyl groups is 1. The Morgan fingerprint density at radius 3 is 2.42 bits per heavy atom. The van der Waals surface area contributed by atoms with Gasteiger partial charge in [0.2, 0.25) is 0 Å². The van der Waals surface area contributed by atoms with Crippen LogP contribution in [0, 0.1) is 0 Å². The van der Waals surface area contributed by atoms with Crippen LogP contribution in [0.3, 0.4) is 0 Å². The number of rotatable bonds is 3. The molecule has 0 radical (unpaired) electrons. The number of phenols is 1. The highest BCUT2D eigenvalue weighted by molar-refractivity contribution is 6.29. The van der Waals surface area contributed by atoms with Crippen LogP contribution in [0.2, 0.25) is 0 Å². The fraction of sp³-hybridized carbons (Fsp3) is 0.423.